The van der Waals surface area contributed by atoms with Gasteiger partial charge in [0.1, 0.15) is 12.2 Å². The van der Waals surface area contributed by atoms with Crippen molar-refractivity contribution in [3.05, 3.63) is 17.5 Å². The first kappa shape index (κ1) is 13.6. The number of nitrogens with zero attached hydrogens (tertiary/aromatic N) is 3. The summed E-state index contributed by atoms with van der Waals surface area (Å²) < 4.78 is 1.57. The molecule has 1 aliphatic heterocycles. The number of hydrogen-bond acceptors (Lipinski definition) is 3. The largest absolute Gasteiger partial charge is 0.349 e. The fourth-order valence-electron chi connectivity index (χ4n) is 2.36. The fourth-order valence-corrected chi connectivity index (χ4v) is 2.36. The van der Waals surface area contributed by atoms with Crippen LogP contribution in [0, 0.1) is 19.3 Å². The molecule has 0 spiro atoms. The number of hydrogen-bond donors (Lipinski definition) is 1. The molecule has 0 bridgehead atoms. The number of aromatic nitrogens is 2. The lowest BCUT2D eigenvalue weighted by Gasteiger charge is -2.14. The second kappa shape index (κ2) is 6.39. The van der Waals surface area contributed by atoms with Crippen LogP contribution in [0.5, 0.6) is 0 Å². The highest BCUT2D eigenvalue weighted by atomic mass is 16.2. The van der Waals surface area contributed by atoms with Gasteiger partial charge in [0.2, 0.25) is 0 Å². The number of rotatable bonds is 5. The minimum atomic E-state index is -0.102. The molecule has 1 aliphatic rings. The Morgan fingerprint density at radius 3 is 2.95 bits per heavy atom. The number of amides is 1. The summed E-state index contributed by atoms with van der Waals surface area (Å²) in [6, 6.07) is 1.77. The Hall–Kier alpha value is -1.80. The average molecular weight is 260 g/mol. The number of carbonyl (C=O) groups is 1. The normalized spacial score (nSPS) is 15.4. The highest BCUT2D eigenvalue weighted by molar-refractivity contribution is 5.92. The number of nitrogens with one attached hydrogen (secondary N) is 1. The van der Waals surface area contributed by atoms with E-state index in [0.717, 1.165) is 25.3 Å². The van der Waals surface area contributed by atoms with Crippen molar-refractivity contribution in [3.8, 4) is 12.3 Å². The smallest absolute Gasteiger partial charge is 0.269 e. The lowest BCUT2D eigenvalue weighted by molar-refractivity contribution is 0.0939. The average Bonchev–Trinajstić information content (AvgIpc) is 2.99. The number of likely N-dealkylation sites (tertiary alicyclic amines) is 1. The van der Waals surface area contributed by atoms with Crippen LogP contribution in [0.3, 0.4) is 0 Å². The van der Waals surface area contributed by atoms with E-state index in [1.54, 1.807) is 10.7 Å². The molecule has 19 heavy (non-hydrogen) atoms. The molecule has 1 aromatic heterocycles. The van der Waals surface area contributed by atoms with E-state index in [2.05, 4.69) is 21.2 Å². The molecule has 0 atom stereocenters. The van der Waals surface area contributed by atoms with Crippen LogP contribution in [-0.4, -0.2) is 46.8 Å². The van der Waals surface area contributed by atoms with Gasteiger partial charge in [-0.15, -0.1) is 6.42 Å². The molecule has 0 aromatic carbocycles. The van der Waals surface area contributed by atoms with Gasteiger partial charge in [-0.3, -0.25) is 4.79 Å². The van der Waals surface area contributed by atoms with E-state index in [1.807, 2.05) is 6.92 Å². The standard InChI is InChI=1S/C14H20N4O/c1-3-7-18-13(11-12(2)16-18)14(19)15-6-10-17-8-4-5-9-17/h1,11H,4-10H2,2H3,(H,15,19). The zero-order valence-electron chi connectivity index (χ0n) is 11.4. The molecule has 1 saturated heterocycles. The van der Waals surface area contributed by atoms with Crippen molar-refractivity contribution in [2.45, 2.75) is 26.3 Å². The molecule has 0 aliphatic carbocycles. The maximum Gasteiger partial charge on any atom is 0.269 e. The summed E-state index contributed by atoms with van der Waals surface area (Å²) in [7, 11) is 0. The molecule has 0 saturated carbocycles. The van der Waals surface area contributed by atoms with E-state index in [0.29, 0.717) is 18.8 Å². The lowest BCUT2D eigenvalue weighted by atomic mass is 10.3. The first-order valence-corrected chi connectivity index (χ1v) is 6.69. The quantitative estimate of drug-likeness (QED) is 0.791. The lowest BCUT2D eigenvalue weighted by Crippen LogP contribution is -2.34. The Labute approximate surface area is 114 Å². The summed E-state index contributed by atoms with van der Waals surface area (Å²) in [6.45, 7) is 6.04. The van der Waals surface area contributed by atoms with Gasteiger partial charge in [-0.25, -0.2) is 4.68 Å². The third-order valence-corrected chi connectivity index (χ3v) is 3.29. The predicted molar refractivity (Wildman–Crippen MR) is 73.8 cm³/mol. The summed E-state index contributed by atoms with van der Waals surface area (Å²) in [5.41, 5.74) is 1.34. The molecule has 102 valence electrons. The summed E-state index contributed by atoms with van der Waals surface area (Å²) >= 11 is 0. The van der Waals surface area contributed by atoms with E-state index in [1.165, 1.54) is 12.8 Å². The van der Waals surface area contributed by atoms with E-state index in [4.69, 9.17) is 6.42 Å². The third-order valence-electron chi connectivity index (χ3n) is 3.29. The summed E-state index contributed by atoms with van der Waals surface area (Å²) in [6.07, 6.45) is 7.80. The van der Waals surface area contributed by atoms with Gasteiger partial charge in [0.05, 0.1) is 5.69 Å². The SMILES string of the molecule is C#CCn1nc(C)cc1C(=O)NCCN1CCCC1. The van der Waals surface area contributed by atoms with Crippen LogP contribution < -0.4 is 5.32 Å². The van der Waals surface area contributed by atoms with E-state index in [-0.39, 0.29) is 5.91 Å². The molecule has 2 heterocycles. The van der Waals surface area contributed by atoms with E-state index in [9.17, 15) is 4.79 Å². The Bertz CT molecular complexity index is 480. The maximum atomic E-state index is 12.1. The molecule has 5 heteroatoms. The maximum absolute atomic E-state index is 12.1. The monoisotopic (exact) mass is 260 g/mol. The third kappa shape index (κ3) is 3.58. The predicted octanol–water partition coefficient (Wildman–Crippen LogP) is 0.650. The number of terminal acetylenes is 1. The van der Waals surface area contributed by atoms with E-state index >= 15 is 0 Å². The van der Waals surface area contributed by atoms with Crippen LogP contribution in [-0.2, 0) is 6.54 Å². The van der Waals surface area contributed by atoms with Crippen LogP contribution in [0.1, 0.15) is 29.0 Å². The molecular weight excluding hydrogens is 240 g/mol. The van der Waals surface area contributed by atoms with E-state index < -0.39 is 0 Å². The zero-order valence-corrected chi connectivity index (χ0v) is 11.4. The fraction of sp³-hybridized carbons (Fsp3) is 0.571. The van der Waals surface area contributed by atoms with Crippen LogP contribution in [0.25, 0.3) is 0 Å². The van der Waals surface area contributed by atoms with Gasteiger partial charge >= 0.3 is 0 Å². The highest BCUT2D eigenvalue weighted by Crippen LogP contribution is 2.06. The van der Waals surface area contributed by atoms with Gasteiger partial charge < -0.3 is 10.2 Å². The Balaban J connectivity index is 1.86. The van der Waals surface area contributed by atoms with Crippen LogP contribution in [0.2, 0.25) is 0 Å². The highest BCUT2D eigenvalue weighted by Gasteiger charge is 2.14. The van der Waals surface area contributed by atoms with Crippen molar-refractivity contribution < 1.29 is 4.79 Å². The van der Waals surface area contributed by atoms with Gasteiger partial charge in [-0.2, -0.15) is 5.10 Å². The van der Waals surface area contributed by atoms with Crippen molar-refractivity contribution in [1.82, 2.24) is 20.0 Å². The summed E-state index contributed by atoms with van der Waals surface area (Å²) in [5.74, 6) is 2.40. The molecule has 0 radical (unpaired) electrons. The molecular formula is C14H20N4O. The van der Waals surface area contributed by atoms with Crippen molar-refractivity contribution in [1.29, 1.82) is 0 Å². The van der Waals surface area contributed by atoms with Gasteiger partial charge in [0, 0.05) is 13.1 Å². The Morgan fingerprint density at radius 2 is 2.26 bits per heavy atom. The summed E-state index contributed by atoms with van der Waals surface area (Å²) in [4.78, 5) is 14.4. The Morgan fingerprint density at radius 1 is 1.53 bits per heavy atom. The van der Waals surface area contributed by atoms with Crippen molar-refractivity contribution >= 4 is 5.91 Å². The topological polar surface area (TPSA) is 50.2 Å². The minimum Gasteiger partial charge on any atom is -0.349 e. The first-order valence-electron chi connectivity index (χ1n) is 6.69. The van der Waals surface area contributed by atoms with Crippen LogP contribution >= 0.6 is 0 Å². The molecule has 5 nitrogen and oxygen atoms in total. The second-order valence-corrected chi connectivity index (χ2v) is 4.84. The minimum absolute atomic E-state index is 0.102. The summed E-state index contributed by atoms with van der Waals surface area (Å²) in [5, 5.41) is 7.14. The van der Waals surface area contributed by atoms with Crippen molar-refractivity contribution in [3.63, 3.8) is 0 Å². The van der Waals surface area contributed by atoms with Gasteiger partial charge in [0.25, 0.3) is 5.91 Å². The Kier molecular flexibility index (Phi) is 4.58. The molecule has 2 rings (SSSR count). The first-order chi connectivity index (χ1) is 9.20. The molecule has 1 N–H and O–H groups in total. The van der Waals surface area contributed by atoms with Gasteiger partial charge in [-0.05, 0) is 38.9 Å². The molecule has 1 fully saturated rings. The van der Waals surface area contributed by atoms with Gasteiger partial charge in [0.15, 0.2) is 0 Å². The number of carbonyl (C=O) groups excluding carboxylic acids is 1. The molecule has 1 amide bonds. The van der Waals surface area contributed by atoms with Gasteiger partial charge in [-0.1, -0.05) is 5.92 Å². The van der Waals surface area contributed by atoms with Crippen molar-refractivity contribution in [2.24, 2.45) is 0 Å². The second-order valence-electron chi connectivity index (χ2n) is 4.84. The van der Waals surface area contributed by atoms with Crippen LogP contribution in [0.4, 0.5) is 0 Å². The number of aryl methyl sites for hydroxylation is 1. The molecule has 1 aromatic rings. The van der Waals surface area contributed by atoms with Crippen LogP contribution in [0.15, 0.2) is 6.07 Å². The molecule has 0 unspecified atom stereocenters. The zero-order chi connectivity index (χ0) is 13.7. The van der Waals surface area contributed by atoms with Crippen molar-refractivity contribution in [2.75, 3.05) is 26.2 Å².